The van der Waals surface area contributed by atoms with Crippen LogP contribution in [0, 0.1) is 0 Å². The molecule has 5 heteroatoms. The lowest BCUT2D eigenvalue weighted by Crippen LogP contribution is -2.42. The Morgan fingerprint density at radius 2 is 1.31 bits per heavy atom. The molecular weight excluding hydrogens is 450 g/mol. The van der Waals surface area contributed by atoms with Gasteiger partial charge >= 0.3 is 5.97 Å². The first-order valence-corrected chi connectivity index (χ1v) is 11.8. The van der Waals surface area contributed by atoms with Crippen LogP contribution in [0.1, 0.15) is 21.5 Å². The molecule has 5 aromatic carbocycles. The Morgan fingerprint density at radius 1 is 0.722 bits per heavy atom. The minimum absolute atomic E-state index is 0.155. The molecule has 0 radical (unpaired) electrons. The van der Waals surface area contributed by atoms with Crippen LogP contribution in [0.2, 0.25) is 0 Å². The highest BCUT2D eigenvalue weighted by molar-refractivity contribution is 6.18. The second kappa shape index (κ2) is 10.3. The maximum Gasteiger partial charge on any atom is 0.326 e. The molecule has 5 nitrogen and oxygen atoms in total. The van der Waals surface area contributed by atoms with E-state index in [0.29, 0.717) is 17.9 Å². The molecule has 0 heterocycles. The van der Waals surface area contributed by atoms with E-state index >= 15 is 0 Å². The lowest BCUT2D eigenvalue weighted by Gasteiger charge is -2.17. The first-order chi connectivity index (χ1) is 17.6. The summed E-state index contributed by atoms with van der Waals surface area (Å²) < 4.78 is 5.82. The highest BCUT2D eigenvalue weighted by atomic mass is 16.5. The first kappa shape index (κ1) is 23.1. The number of fused-ring (bicyclic) bond motifs is 2. The summed E-state index contributed by atoms with van der Waals surface area (Å²) in [5.74, 6) is -0.795. The standard InChI is InChI=1S/C31H25NO4/c33-30(29-26-12-6-4-10-23(26)19-24-11-5-7-13-27(24)29)32-28(31(34)35)18-21-14-16-25(17-15-21)36-20-22-8-2-1-3-9-22/h1-17,19,28H,18,20H2,(H,32,33)(H,34,35)/t28-/m1/s1. The normalized spacial score (nSPS) is 11.8. The van der Waals surface area contributed by atoms with Crippen molar-refractivity contribution >= 4 is 33.4 Å². The van der Waals surface area contributed by atoms with Gasteiger partial charge in [0, 0.05) is 6.42 Å². The van der Waals surface area contributed by atoms with Crippen molar-refractivity contribution in [1.82, 2.24) is 5.32 Å². The third-order valence-corrected chi connectivity index (χ3v) is 6.21. The van der Waals surface area contributed by atoms with Crippen LogP contribution < -0.4 is 10.1 Å². The Morgan fingerprint density at radius 3 is 1.92 bits per heavy atom. The van der Waals surface area contributed by atoms with Gasteiger partial charge in [-0.3, -0.25) is 4.79 Å². The van der Waals surface area contributed by atoms with Gasteiger partial charge in [-0.1, -0.05) is 91.0 Å². The maximum absolute atomic E-state index is 13.5. The molecule has 0 unspecified atom stereocenters. The van der Waals surface area contributed by atoms with Crippen molar-refractivity contribution in [2.24, 2.45) is 0 Å². The molecule has 178 valence electrons. The average Bonchev–Trinajstić information content (AvgIpc) is 2.91. The fourth-order valence-corrected chi connectivity index (χ4v) is 4.39. The van der Waals surface area contributed by atoms with E-state index in [1.807, 2.05) is 109 Å². The van der Waals surface area contributed by atoms with Gasteiger partial charge < -0.3 is 15.2 Å². The number of hydrogen-bond donors (Lipinski definition) is 2. The predicted molar refractivity (Wildman–Crippen MR) is 141 cm³/mol. The zero-order chi connectivity index (χ0) is 24.9. The van der Waals surface area contributed by atoms with E-state index in [4.69, 9.17) is 4.74 Å². The number of rotatable bonds is 8. The summed E-state index contributed by atoms with van der Waals surface area (Å²) in [6.45, 7) is 0.451. The van der Waals surface area contributed by atoms with E-state index in [1.165, 1.54) is 0 Å². The van der Waals surface area contributed by atoms with Crippen molar-refractivity contribution in [2.75, 3.05) is 0 Å². The van der Waals surface area contributed by atoms with Crippen LogP contribution in [0.5, 0.6) is 5.75 Å². The van der Waals surface area contributed by atoms with Crippen LogP contribution in [0.4, 0.5) is 0 Å². The van der Waals surface area contributed by atoms with Crippen molar-refractivity contribution in [3.05, 3.63) is 126 Å². The number of hydrogen-bond acceptors (Lipinski definition) is 3. The number of carbonyl (C=O) groups is 2. The lowest BCUT2D eigenvalue weighted by atomic mass is 9.95. The molecule has 36 heavy (non-hydrogen) atoms. The Balaban J connectivity index is 1.34. The minimum atomic E-state index is -1.09. The Labute approximate surface area is 209 Å². The average molecular weight is 476 g/mol. The summed E-state index contributed by atoms with van der Waals surface area (Å²) in [4.78, 5) is 25.5. The molecule has 2 N–H and O–H groups in total. The number of benzene rings is 5. The van der Waals surface area contributed by atoms with Crippen molar-refractivity contribution in [3.63, 3.8) is 0 Å². The molecule has 5 aromatic rings. The highest BCUT2D eigenvalue weighted by Crippen LogP contribution is 2.28. The van der Waals surface area contributed by atoms with Gasteiger partial charge in [-0.25, -0.2) is 4.79 Å². The summed E-state index contributed by atoms with van der Waals surface area (Å²) >= 11 is 0. The highest BCUT2D eigenvalue weighted by Gasteiger charge is 2.23. The molecule has 0 aromatic heterocycles. The van der Waals surface area contributed by atoms with Crippen LogP contribution >= 0.6 is 0 Å². The molecular formula is C31H25NO4. The number of carboxylic acids is 1. The van der Waals surface area contributed by atoms with Crippen molar-refractivity contribution in [2.45, 2.75) is 19.1 Å². The summed E-state index contributed by atoms with van der Waals surface area (Å²) in [5, 5.41) is 16.1. The van der Waals surface area contributed by atoms with Crippen molar-refractivity contribution in [1.29, 1.82) is 0 Å². The van der Waals surface area contributed by atoms with Gasteiger partial charge in [-0.15, -0.1) is 0 Å². The second-order valence-corrected chi connectivity index (χ2v) is 8.68. The van der Waals surface area contributed by atoms with Crippen molar-refractivity contribution in [3.8, 4) is 5.75 Å². The van der Waals surface area contributed by atoms with Crippen LogP contribution in [0.25, 0.3) is 21.5 Å². The Hall–Kier alpha value is -4.64. The second-order valence-electron chi connectivity index (χ2n) is 8.68. The van der Waals surface area contributed by atoms with E-state index < -0.39 is 17.9 Å². The molecule has 0 saturated carbocycles. The first-order valence-electron chi connectivity index (χ1n) is 11.8. The van der Waals surface area contributed by atoms with Crippen LogP contribution in [-0.2, 0) is 17.8 Å². The molecule has 0 fully saturated rings. The molecule has 1 amide bonds. The van der Waals surface area contributed by atoms with E-state index in [2.05, 4.69) is 5.32 Å². The van der Waals surface area contributed by atoms with E-state index in [-0.39, 0.29) is 6.42 Å². The summed E-state index contributed by atoms with van der Waals surface area (Å²) in [6, 6.07) is 33.4. The van der Waals surface area contributed by atoms with Crippen LogP contribution in [0.15, 0.2) is 109 Å². The Kier molecular flexibility index (Phi) is 6.63. The molecule has 0 spiro atoms. The SMILES string of the molecule is O=C(N[C@H](Cc1ccc(OCc2ccccc2)cc1)C(=O)O)c1c2ccccc2cc2ccccc12. The Bertz CT molecular complexity index is 1470. The van der Waals surface area contributed by atoms with Gasteiger partial charge in [0.25, 0.3) is 5.91 Å². The summed E-state index contributed by atoms with van der Waals surface area (Å²) in [5.41, 5.74) is 2.34. The zero-order valence-electron chi connectivity index (χ0n) is 19.6. The van der Waals surface area contributed by atoms with E-state index in [1.54, 1.807) is 0 Å². The van der Waals surface area contributed by atoms with Gasteiger partial charge in [-0.05, 0) is 50.9 Å². The van der Waals surface area contributed by atoms with Crippen molar-refractivity contribution < 1.29 is 19.4 Å². The number of nitrogens with one attached hydrogen (secondary N) is 1. The number of aliphatic carboxylic acids is 1. The van der Waals surface area contributed by atoms with Crippen LogP contribution in [0.3, 0.4) is 0 Å². The minimum Gasteiger partial charge on any atom is -0.489 e. The number of carboxylic acid groups (broad SMARTS) is 1. The van der Waals surface area contributed by atoms with Gasteiger partial charge in [0.2, 0.25) is 0 Å². The molecule has 0 bridgehead atoms. The van der Waals surface area contributed by atoms with Gasteiger partial charge in [0.1, 0.15) is 18.4 Å². The molecule has 0 aliphatic heterocycles. The van der Waals surface area contributed by atoms with Gasteiger partial charge in [0.05, 0.1) is 5.56 Å². The molecule has 0 aliphatic rings. The fraction of sp³-hybridized carbons (Fsp3) is 0.0968. The van der Waals surface area contributed by atoms with Gasteiger partial charge in [-0.2, -0.15) is 0 Å². The number of carbonyl (C=O) groups excluding carboxylic acids is 1. The number of ether oxygens (including phenoxy) is 1. The zero-order valence-corrected chi connectivity index (χ0v) is 19.6. The third-order valence-electron chi connectivity index (χ3n) is 6.21. The largest absolute Gasteiger partial charge is 0.489 e. The number of amides is 1. The predicted octanol–water partition coefficient (Wildman–Crippen LogP) is 6.00. The topological polar surface area (TPSA) is 75.6 Å². The maximum atomic E-state index is 13.5. The summed E-state index contributed by atoms with van der Waals surface area (Å²) in [6.07, 6.45) is 0.155. The quantitative estimate of drug-likeness (QED) is 0.270. The van der Waals surface area contributed by atoms with Gasteiger partial charge in [0.15, 0.2) is 0 Å². The summed E-state index contributed by atoms with van der Waals surface area (Å²) in [7, 11) is 0. The smallest absolute Gasteiger partial charge is 0.326 e. The fourth-order valence-electron chi connectivity index (χ4n) is 4.39. The molecule has 0 saturated heterocycles. The monoisotopic (exact) mass is 475 g/mol. The molecule has 1 atom stereocenters. The van der Waals surface area contributed by atoms with E-state index in [0.717, 1.165) is 32.7 Å². The molecule has 5 rings (SSSR count). The lowest BCUT2D eigenvalue weighted by molar-refractivity contribution is -0.139. The third kappa shape index (κ3) is 5.05. The molecule has 0 aliphatic carbocycles. The van der Waals surface area contributed by atoms with E-state index in [9.17, 15) is 14.7 Å². The van der Waals surface area contributed by atoms with Crippen LogP contribution in [-0.4, -0.2) is 23.0 Å².